The highest BCUT2D eigenvalue weighted by molar-refractivity contribution is 8.15. The van der Waals surface area contributed by atoms with Crippen LogP contribution in [0.5, 0.6) is 10.9 Å². The Labute approximate surface area is 168 Å². The highest BCUT2D eigenvalue weighted by Gasteiger charge is 2.36. The average Bonchev–Trinajstić information content (AvgIpc) is 3.22. The summed E-state index contributed by atoms with van der Waals surface area (Å²) in [5, 5.41) is 23.2. The summed E-state index contributed by atoms with van der Waals surface area (Å²) in [6.07, 6.45) is -3.59. The van der Waals surface area contributed by atoms with Crippen molar-refractivity contribution in [2.24, 2.45) is 10.2 Å². The van der Waals surface area contributed by atoms with E-state index in [1.165, 1.54) is 18.3 Å². The van der Waals surface area contributed by atoms with E-state index in [1.54, 1.807) is 12.1 Å². The number of halogens is 3. The van der Waals surface area contributed by atoms with Gasteiger partial charge in [-0.05, 0) is 17.7 Å². The number of alkyl halides is 3. The van der Waals surface area contributed by atoms with E-state index in [2.05, 4.69) is 25.7 Å². The van der Waals surface area contributed by atoms with Gasteiger partial charge in [0.05, 0.1) is 12.6 Å². The van der Waals surface area contributed by atoms with Crippen molar-refractivity contribution >= 4 is 46.4 Å². The second-order valence-electron chi connectivity index (χ2n) is 5.39. The Hall–Kier alpha value is -3.00. The molecule has 1 amide bonds. The number of thioether (sulfide) groups is 1. The van der Waals surface area contributed by atoms with Crippen LogP contribution in [0.4, 0.5) is 13.2 Å². The number of carboxylic acids is 1. The van der Waals surface area contributed by atoms with Crippen LogP contribution in [-0.2, 0) is 15.8 Å². The fourth-order valence-corrected chi connectivity index (χ4v) is 3.52. The molecule has 1 aliphatic heterocycles. The second-order valence-corrected chi connectivity index (χ2v) is 7.52. The maximum atomic E-state index is 12.5. The SMILES string of the molecule is O=C(O)CC1SC(=NN=Cc2cccc(Oc3nnc(C(F)(F)F)s3)c2)NC1=O. The molecule has 1 fully saturated rings. The summed E-state index contributed by atoms with van der Waals surface area (Å²) in [4.78, 5) is 22.3. The van der Waals surface area contributed by atoms with Crippen LogP contribution in [0.1, 0.15) is 17.0 Å². The first-order valence-electron chi connectivity index (χ1n) is 7.69. The largest absolute Gasteiger partial charge is 0.481 e. The highest BCUT2D eigenvalue weighted by Crippen LogP contribution is 2.35. The first-order chi connectivity index (χ1) is 13.7. The van der Waals surface area contributed by atoms with Crippen LogP contribution >= 0.6 is 23.1 Å². The summed E-state index contributed by atoms with van der Waals surface area (Å²) in [5.41, 5.74) is 0.517. The van der Waals surface area contributed by atoms with Crippen molar-refractivity contribution in [2.45, 2.75) is 17.8 Å². The van der Waals surface area contributed by atoms with Crippen molar-refractivity contribution < 1.29 is 32.6 Å². The Bertz CT molecular complexity index is 992. The minimum atomic E-state index is -4.59. The first-order valence-corrected chi connectivity index (χ1v) is 9.39. The molecule has 0 bridgehead atoms. The summed E-state index contributed by atoms with van der Waals surface area (Å²) in [5.74, 6) is -1.34. The lowest BCUT2D eigenvalue weighted by atomic mass is 10.2. The van der Waals surface area contributed by atoms with Gasteiger partial charge < -0.3 is 15.2 Å². The van der Waals surface area contributed by atoms with Crippen molar-refractivity contribution in [2.75, 3.05) is 0 Å². The fraction of sp³-hybridized carbons (Fsp3) is 0.200. The van der Waals surface area contributed by atoms with Gasteiger partial charge in [0.15, 0.2) is 5.17 Å². The average molecular weight is 445 g/mol. The zero-order valence-electron chi connectivity index (χ0n) is 14.1. The number of carbonyl (C=O) groups is 2. The quantitative estimate of drug-likeness (QED) is 0.517. The lowest BCUT2D eigenvalue weighted by molar-refractivity contribution is -0.138. The van der Waals surface area contributed by atoms with Crippen LogP contribution in [0, 0.1) is 0 Å². The Balaban J connectivity index is 1.63. The van der Waals surface area contributed by atoms with E-state index in [1.807, 2.05) is 0 Å². The predicted molar refractivity (Wildman–Crippen MR) is 98.2 cm³/mol. The number of hydrogen-bond donors (Lipinski definition) is 2. The smallest absolute Gasteiger partial charge is 0.445 e. The number of aliphatic carboxylic acids is 1. The number of carbonyl (C=O) groups excluding carboxylic acids is 1. The molecule has 29 heavy (non-hydrogen) atoms. The van der Waals surface area contributed by atoms with Gasteiger partial charge in [-0.25, -0.2) is 0 Å². The van der Waals surface area contributed by atoms with Gasteiger partial charge in [-0.3, -0.25) is 9.59 Å². The molecule has 0 saturated carbocycles. The molecule has 2 aromatic rings. The molecule has 14 heteroatoms. The van der Waals surface area contributed by atoms with Crippen molar-refractivity contribution in [3.05, 3.63) is 34.8 Å². The number of amides is 1. The maximum Gasteiger partial charge on any atom is 0.445 e. The van der Waals surface area contributed by atoms with E-state index in [-0.39, 0.29) is 33.9 Å². The molecule has 0 radical (unpaired) electrons. The third-order valence-electron chi connectivity index (χ3n) is 3.20. The third kappa shape index (κ3) is 5.74. The lowest BCUT2D eigenvalue weighted by Gasteiger charge is -2.01. The molecule has 3 rings (SSSR count). The van der Waals surface area contributed by atoms with E-state index in [9.17, 15) is 22.8 Å². The minimum Gasteiger partial charge on any atom is -0.481 e. The number of hydrogen-bond acceptors (Lipinski definition) is 9. The number of aromatic nitrogens is 2. The number of benzene rings is 1. The summed E-state index contributed by atoms with van der Waals surface area (Å²) >= 11 is 1.23. The molecule has 0 aliphatic carbocycles. The summed E-state index contributed by atoms with van der Waals surface area (Å²) < 4.78 is 42.9. The molecule has 2 heterocycles. The van der Waals surface area contributed by atoms with E-state index in [0.29, 0.717) is 5.56 Å². The van der Waals surface area contributed by atoms with E-state index < -0.39 is 28.3 Å². The van der Waals surface area contributed by atoms with E-state index >= 15 is 0 Å². The first kappa shape index (κ1) is 20.7. The van der Waals surface area contributed by atoms with Crippen LogP contribution in [0.3, 0.4) is 0 Å². The van der Waals surface area contributed by atoms with Gasteiger partial charge in [0, 0.05) is 0 Å². The maximum absolute atomic E-state index is 12.5. The third-order valence-corrected chi connectivity index (χ3v) is 5.12. The Kier molecular flexibility index (Phi) is 6.12. The van der Waals surface area contributed by atoms with Crippen molar-refractivity contribution in [3.63, 3.8) is 0 Å². The molecule has 1 aromatic heterocycles. The zero-order chi connectivity index (χ0) is 21.0. The summed E-state index contributed by atoms with van der Waals surface area (Å²) in [6, 6.07) is 6.24. The molecular formula is C15H10F3N5O4S2. The molecule has 152 valence electrons. The highest BCUT2D eigenvalue weighted by atomic mass is 32.2. The molecule has 1 saturated heterocycles. The molecule has 1 aromatic carbocycles. The standard InChI is InChI=1S/C15H10F3N5O4S2/c16-15(17,18)12-21-23-14(29-12)27-8-3-1-2-7(4-8)6-19-22-13-20-11(26)9(28-13)5-10(24)25/h1-4,6,9H,5H2,(H,24,25)(H,20,22,26). The van der Waals surface area contributed by atoms with E-state index in [4.69, 9.17) is 9.84 Å². The van der Waals surface area contributed by atoms with Gasteiger partial charge >= 0.3 is 12.1 Å². The number of nitrogens with zero attached hydrogens (tertiary/aromatic N) is 4. The van der Waals surface area contributed by atoms with Crippen LogP contribution in [0.25, 0.3) is 0 Å². The van der Waals surface area contributed by atoms with Crippen LogP contribution in [0.2, 0.25) is 0 Å². The van der Waals surface area contributed by atoms with Crippen LogP contribution < -0.4 is 10.1 Å². The molecule has 0 spiro atoms. The van der Waals surface area contributed by atoms with Gasteiger partial charge in [-0.1, -0.05) is 40.3 Å². The predicted octanol–water partition coefficient (Wildman–Crippen LogP) is 2.75. The van der Waals surface area contributed by atoms with Crippen molar-refractivity contribution in [1.82, 2.24) is 15.5 Å². The number of carboxylic acid groups (broad SMARTS) is 1. The number of rotatable bonds is 6. The molecule has 9 nitrogen and oxygen atoms in total. The number of ether oxygens (including phenoxy) is 1. The Morgan fingerprint density at radius 1 is 1.38 bits per heavy atom. The van der Waals surface area contributed by atoms with Crippen LogP contribution in [0.15, 0.2) is 34.5 Å². The van der Waals surface area contributed by atoms with Crippen molar-refractivity contribution in [3.8, 4) is 10.9 Å². The topological polar surface area (TPSA) is 126 Å². The Morgan fingerprint density at radius 2 is 2.17 bits per heavy atom. The molecule has 1 atom stereocenters. The summed E-state index contributed by atoms with van der Waals surface area (Å²) in [7, 11) is 0. The van der Waals surface area contributed by atoms with Gasteiger partial charge in [0.1, 0.15) is 11.0 Å². The Morgan fingerprint density at radius 3 is 2.86 bits per heavy atom. The molecule has 2 N–H and O–H groups in total. The fourth-order valence-electron chi connectivity index (χ4n) is 2.02. The monoisotopic (exact) mass is 445 g/mol. The zero-order valence-corrected chi connectivity index (χ0v) is 15.7. The number of amidine groups is 1. The molecular weight excluding hydrogens is 435 g/mol. The van der Waals surface area contributed by atoms with Gasteiger partial charge in [0.25, 0.3) is 5.19 Å². The van der Waals surface area contributed by atoms with Gasteiger partial charge in [-0.2, -0.15) is 18.3 Å². The minimum absolute atomic E-state index is 0.165. The van der Waals surface area contributed by atoms with E-state index in [0.717, 1.165) is 11.8 Å². The number of nitrogens with one attached hydrogen (secondary N) is 1. The molecule has 1 aliphatic rings. The van der Waals surface area contributed by atoms with Gasteiger partial charge in [-0.15, -0.1) is 10.2 Å². The second kappa shape index (κ2) is 8.57. The van der Waals surface area contributed by atoms with Crippen molar-refractivity contribution in [1.29, 1.82) is 0 Å². The normalized spacial score (nSPS) is 18.4. The van der Waals surface area contributed by atoms with Gasteiger partial charge in [0.2, 0.25) is 10.9 Å². The molecule has 1 unspecified atom stereocenters. The van der Waals surface area contributed by atoms with Crippen LogP contribution in [-0.4, -0.2) is 43.8 Å². The lowest BCUT2D eigenvalue weighted by Crippen LogP contribution is -2.26. The summed E-state index contributed by atoms with van der Waals surface area (Å²) in [6.45, 7) is 0.